The molecule has 0 fully saturated rings. The minimum atomic E-state index is -0.102. The van der Waals surface area contributed by atoms with Gasteiger partial charge in [0.1, 0.15) is 5.82 Å². The summed E-state index contributed by atoms with van der Waals surface area (Å²) in [5.74, 6) is -0.102. The van der Waals surface area contributed by atoms with E-state index in [0.717, 1.165) is 31.5 Å². The largest absolute Gasteiger partial charge is 0.310 e. The monoisotopic (exact) mass is 294 g/mol. The summed E-state index contributed by atoms with van der Waals surface area (Å²) in [5, 5.41) is 3.49. The molecule has 3 heteroatoms. The summed E-state index contributed by atoms with van der Waals surface area (Å²) < 4.78 is 14.0. The Balaban J connectivity index is 2.64. The molecule has 0 aliphatic rings. The number of rotatable bonds is 10. The molecule has 0 heterocycles. The van der Waals surface area contributed by atoms with Crippen LogP contribution in [0.2, 0.25) is 0 Å². The van der Waals surface area contributed by atoms with E-state index in [-0.39, 0.29) is 11.9 Å². The Morgan fingerprint density at radius 3 is 2.48 bits per heavy atom. The molecule has 0 radical (unpaired) electrons. The maximum atomic E-state index is 14.0. The Morgan fingerprint density at radius 2 is 1.86 bits per heavy atom. The SMILES string of the molecule is CCCNC(CCN(C)C(C)CCC)c1ccccc1F. The summed E-state index contributed by atoms with van der Waals surface area (Å²) in [6.45, 7) is 8.53. The van der Waals surface area contributed by atoms with E-state index >= 15 is 0 Å². The zero-order chi connectivity index (χ0) is 15.7. The van der Waals surface area contributed by atoms with Crippen LogP contribution in [0.4, 0.5) is 4.39 Å². The van der Waals surface area contributed by atoms with Crippen LogP contribution in [0, 0.1) is 5.82 Å². The third-order valence-electron chi connectivity index (χ3n) is 4.15. The van der Waals surface area contributed by atoms with E-state index < -0.39 is 0 Å². The molecule has 0 bridgehead atoms. The third kappa shape index (κ3) is 6.15. The summed E-state index contributed by atoms with van der Waals surface area (Å²) in [4.78, 5) is 2.38. The third-order valence-corrected chi connectivity index (χ3v) is 4.15. The molecule has 0 saturated carbocycles. The molecule has 120 valence electrons. The number of benzene rings is 1. The van der Waals surface area contributed by atoms with Crippen molar-refractivity contribution in [2.45, 2.75) is 58.5 Å². The van der Waals surface area contributed by atoms with Crippen molar-refractivity contribution in [2.75, 3.05) is 20.1 Å². The molecule has 0 aliphatic heterocycles. The van der Waals surface area contributed by atoms with Crippen molar-refractivity contribution in [1.29, 1.82) is 0 Å². The lowest BCUT2D eigenvalue weighted by molar-refractivity contribution is 0.230. The fourth-order valence-corrected chi connectivity index (χ4v) is 2.64. The van der Waals surface area contributed by atoms with Crippen molar-refractivity contribution in [1.82, 2.24) is 10.2 Å². The van der Waals surface area contributed by atoms with E-state index in [9.17, 15) is 4.39 Å². The lowest BCUT2D eigenvalue weighted by Gasteiger charge is -2.27. The first kappa shape index (κ1) is 18.1. The van der Waals surface area contributed by atoms with Gasteiger partial charge < -0.3 is 10.2 Å². The molecule has 1 aromatic rings. The molecule has 21 heavy (non-hydrogen) atoms. The summed E-state index contributed by atoms with van der Waals surface area (Å²) in [6, 6.07) is 7.82. The van der Waals surface area contributed by atoms with Gasteiger partial charge in [0.05, 0.1) is 0 Å². The van der Waals surface area contributed by atoms with Crippen molar-refractivity contribution >= 4 is 0 Å². The first-order chi connectivity index (χ1) is 10.1. The Morgan fingerprint density at radius 1 is 1.14 bits per heavy atom. The highest BCUT2D eigenvalue weighted by molar-refractivity contribution is 5.21. The van der Waals surface area contributed by atoms with Crippen molar-refractivity contribution in [3.8, 4) is 0 Å². The van der Waals surface area contributed by atoms with Crippen LogP contribution in [-0.4, -0.2) is 31.1 Å². The average Bonchev–Trinajstić information content (AvgIpc) is 2.48. The van der Waals surface area contributed by atoms with Crippen LogP contribution < -0.4 is 5.32 Å². The highest BCUT2D eigenvalue weighted by Crippen LogP contribution is 2.21. The molecule has 1 aromatic carbocycles. The molecule has 0 spiro atoms. The van der Waals surface area contributed by atoms with Gasteiger partial charge in [0, 0.05) is 17.6 Å². The van der Waals surface area contributed by atoms with Gasteiger partial charge in [0.25, 0.3) is 0 Å². The van der Waals surface area contributed by atoms with E-state index in [4.69, 9.17) is 0 Å². The van der Waals surface area contributed by atoms with Crippen molar-refractivity contribution in [3.63, 3.8) is 0 Å². The van der Waals surface area contributed by atoms with Crippen LogP contribution in [0.3, 0.4) is 0 Å². The second-order valence-electron chi connectivity index (χ2n) is 5.94. The molecular weight excluding hydrogens is 263 g/mol. The zero-order valence-corrected chi connectivity index (χ0v) is 14.0. The van der Waals surface area contributed by atoms with Gasteiger partial charge in [-0.05, 0) is 52.4 Å². The molecule has 2 unspecified atom stereocenters. The smallest absolute Gasteiger partial charge is 0.127 e. The second-order valence-corrected chi connectivity index (χ2v) is 5.94. The summed E-state index contributed by atoms with van der Waals surface area (Å²) in [5.41, 5.74) is 0.794. The molecular formula is C18H31FN2. The quantitative estimate of drug-likeness (QED) is 0.689. The molecule has 0 aromatic heterocycles. The van der Waals surface area contributed by atoms with Gasteiger partial charge in [-0.1, -0.05) is 38.5 Å². The summed E-state index contributed by atoms with van der Waals surface area (Å²) >= 11 is 0. The summed E-state index contributed by atoms with van der Waals surface area (Å²) in [7, 11) is 2.17. The lowest BCUT2D eigenvalue weighted by atomic mass is 10.0. The second kappa shape index (κ2) is 9.91. The van der Waals surface area contributed by atoms with Crippen molar-refractivity contribution < 1.29 is 4.39 Å². The molecule has 0 saturated heterocycles. The Labute approximate surface area is 129 Å². The fraction of sp³-hybridized carbons (Fsp3) is 0.667. The number of halogens is 1. The van der Waals surface area contributed by atoms with Crippen LogP contribution in [0.15, 0.2) is 24.3 Å². The van der Waals surface area contributed by atoms with Gasteiger partial charge in [-0.25, -0.2) is 4.39 Å². The Bertz CT molecular complexity index is 395. The van der Waals surface area contributed by atoms with Gasteiger partial charge in [0.15, 0.2) is 0 Å². The van der Waals surface area contributed by atoms with Gasteiger partial charge in [-0.2, -0.15) is 0 Å². The van der Waals surface area contributed by atoms with Gasteiger partial charge in [-0.3, -0.25) is 0 Å². The van der Waals surface area contributed by atoms with Gasteiger partial charge >= 0.3 is 0 Å². The normalized spacial score (nSPS) is 14.4. The first-order valence-electron chi connectivity index (χ1n) is 8.28. The van der Waals surface area contributed by atoms with Gasteiger partial charge in [0.2, 0.25) is 0 Å². The maximum Gasteiger partial charge on any atom is 0.127 e. The van der Waals surface area contributed by atoms with Crippen molar-refractivity contribution in [3.05, 3.63) is 35.6 Å². The standard InChI is InChI=1S/C18H31FN2/c1-5-9-15(3)21(4)14-12-18(20-13-6-2)16-10-7-8-11-17(16)19/h7-8,10-11,15,18,20H,5-6,9,12-14H2,1-4H3. The molecule has 2 atom stereocenters. The number of hydrogen-bond acceptors (Lipinski definition) is 2. The maximum absolute atomic E-state index is 14.0. The molecule has 2 nitrogen and oxygen atoms in total. The van der Waals surface area contributed by atoms with E-state index in [1.165, 1.54) is 12.8 Å². The number of hydrogen-bond donors (Lipinski definition) is 1. The minimum absolute atomic E-state index is 0.0995. The molecule has 0 amide bonds. The van der Waals surface area contributed by atoms with E-state index in [0.29, 0.717) is 6.04 Å². The fourth-order valence-electron chi connectivity index (χ4n) is 2.64. The topological polar surface area (TPSA) is 15.3 Å². The number of nitrogens with one attached hydrogen (secondary N) is 1. The summed E-state index contributed by atoms with van der Waals surface area (Å²) in [6.07, 6.45) is 4.41. The van der Waals surface area contributed by atoms with E-state index in [1.807, 2.05) is 12.1 Å². The number of nitrogens with zero attached hydrogens (tertiary/aromatic N) is 1. The van der Waals surface area contributed by atoms with E-state index in [1.54, 1.807) is 12.1 Å². The Kier molecular flexibility index (Phi) is 8.55. The van der Waals surface area contributed by atoms with Crippen LogP contribution in [0.25, 0.3) is 0 Å². The average molecular weight is 294 g/mol. The zero-order valence-electron chi connectivity index (χ0n) is 14.0. The first-order valence-corrected chi connectivity index (χ1v) is 8.28. The van der Waals surface area contributed by atoms with Crippen LogP contribution in [0.1, 0.15) is 58.1 Å². The van der Waals surface area contributed by atoms with Crippen LogP contribution in [0.5, 0.6) is 0 Å². The predicted octanol–water partition coefficient (Wildman–Crippen LogP) is 4.38. The molecule has 1 N–H and O–H groups in total. The minimum Gasteiger partial charge on any atom is -0.310 e. The molecule has 1 rings (SSSR count). The Hall–Kier alpha value is -0.930. The highest BCUT2D eigenvalue weighted by Gasteiger charge is 2.16. The van der Waals surface area contributed by atoms with Crippen LogP contribution >= 0.6 is 0 Å². The lowest BCUT2D eigenvalue weighted by Crippen LogP contribution is -2.33. The highest BCUT2D eigenvalue weighted by atomic mass is 19.1. The molecule has 0 aliphatic carbocycles. The van der Waals surface area contributed by atoms with Gasteiger partial charge in [-0.15, -0.1) is 0 Å². The van der Waals surface area contributed by atoms with E-state index in [2.05, 4.69) is 38.0 Å². The predicted molar refractivity (Wildman–Crippen MR) is 89.1 cm³/mol. The van der Waals surface area contributed by atoms with Crippen molar-refractivity contribution in [2.24, 2.45) is 0 Å². The van der Waals surface area contributed by atoms with Crippen LogP contribution in [-0.2, 0) is 0 Å².